The van der Waals surface area contributed by atoms with E-state index in [9.17, 15) is 18.4 Å². The molecule has 12 nitrogen and oxygen atoms in total. The number of aldehydes is 1. The number of nitrogens with two attached hydrogens (primary N) is 1. The molecule has 0 fully saturated rings. The molecule has 272 valence electrons. The van der Waals surface area contributed by atoms with Crippen LogP contribution in [0.5, 0.6) is 23.0 Å². The first-order valence-corrected chi connectivity index (χ1v) is 16.7. The van der Waals surface area contributed by atoms with Crippen molar-refractivity contribution in [2.75, 3.05) is 33.0 Å². The molecule has 2 aromatic heterocycles. The molecule has 0 saturated heterocycles. The van der Waals surface area contributed by atoms with Gasteiger partial charge in [-0.15, -0.1) is 0 Å². The van der Waals surface area contributed by atoms with Crippen LogP contribution in [0.15, 0.2) is 84.9 Å². The van der Waals surface area contributed by atoms with Crippen LogP contribution >= 0.6 is 0 Å². The summed E-state index contributed by atoms with van der Waals surface area (Å²) in [5.41, 5.74) is 8.37. The molecule has 0 aliphatic rings. The monoisotopic (exact) mass is 714 g/mol. The highest BCUT2D eigenvalue weighted by atomic mass is 19.1. The number of imidazole rings is 2. The van der Waals surface area contributed by atoms with Gasteiger partial charge in [-0.1, -0.05) is 0 Å². The van der Waals surface area contributed by atoms with Gasteiger partial charge < -0.3 is 39.1 Å². The van der Waals surface area contributed by atoms with Gasteiger partial charge in [-0.05, 0) is 86.6 Å². The molecule has 1 amide bonds. The third kappa shape index (κ3) is 10.2. The number of carbonyl (C=O) groups is 2. The topological polar surface area (TPSA) is 145 Å². The highest BCUT2D eigenvalue weighted by Gasteiger charge is 2.14. The summed E-state index contributed by atoms with van der Waals surface area (Å²) in [7, 11) is 0. The van der Waals surface area contributed by atoms with Gasteiger partial charge in [-0.2, -0.15) is 0 Å². The number of hydrogen-bond donors (Lipinski definition) is 2. The second kappa shape index (κ2) is 18.5. The molecular formula is C38H40F2N6O6. The smallest absolute Gasteiger partial charge is 0.231 e. The average Bonchev–Trinajstić information content (AvgIpc) is 3.67. The van der Waals surface area contributed by atoms with Gasteiger partial charge in [-0.25, -0.2) is 18.7 Å². The van der Waals surface area contributed by atoms with Crippen molar-refractivity contribution in [2.24, 2.45) is 5.73 Å². The van der Waals surface area contributed by atoms with E-state index in [2.05, 4.69) is 15.3 Å². The first kappa shape index (κ1) is 37.6. The quantitative estimate of drug-likeness (QED) is 0.0811. The van der Waals surface area contributed by atoms with Gasteiger partial charge in [0.2, 0.25) is 5.91 Å². The summed E-state index contributed by atoms with van der Waals surface area (Å²) < 4.78 is 52.3. The summed E-state index contributed by atoms with van der Waals surface area (Å²) in [5.74, 6) is 2.35. The van der Waals surface area contributed by atoms with Crippen LogP contribution in [-0.2, 0) is 33.9 Å². The lowest BCUT2D eigenvalue weighted by atomic mass is 10.3. The molecule has 14 heteroatoms. The van der Waals surface area contributed by atoms with Crippen molar-refractivity contribution in [2.45, 2.75) is 33.5 Å². The molecule has 4 aromatic carbocycles. The third-order valence-electron chi connectivity index (χ3n) is 7.66. The van der Waals surface area contributed by atoms with Crippen LogP contribution in [0.4, 0.5) is 8.78 Å². The lowest BCUT2D eigenvalue weighted by Crippen LogP contribution is -2.29. The van der Waals surface area contributed by atoms with Gasteiger partial charge in [0.05, 0.1) is 48.4 Å². The number of benzene rings is 4. The fraction of sp³-hybridized carbons (Fsp3) is 0.263. The van der Waals surface area contributed by atoms with Crippen molar-refractivity contribution >= 4 is 34.3 Å². The zero-order valence-corrected chi connectivity index (χ0v) is 28.9. The van der Waals surface area contributed by atoms with Gasteiger partial charge in [-0.3, -0.25) is 9.59 Å². The molecule has 3 N–H and O–H groups in total. The van der Waals surface area contributed by atoms with Crippen LogP contribution in [0, 0.1) is 11.6 Å². The normalized spacial score (nSPS) is 11.0. The molecule has 0 unspecified atom stereocenters. The van der Waals surface area contributed by atoms with Crippen LogP contribution in [-0.4, -0.2) is 64.3 Å². The first-order chi connectivity index (χ1) is 25.3. The van der Waals surface area contributed by atoms with E-state index in [0.717, 1.165) is 28.7 Å². The minimum absolute atomic E-state index is 0.0770. The van der Waals surface area contributed by atoms with Gasteiger partial charge in [0, 0.05) is 38.4 Å². The Labute approximate surface area is 299 Å². The summed E-state index contributed by atoms with van der Waals surface area (Å²) in [5, 5.41) is 2.99. The van der Waals surface area contributed by atoms with Crippen LogP contribution < -0.4 is 20.5 Å². The third-order valence-corrected chi connectivity index (χ3v) is 7.66. The summed E-state index contributed by atoms with van der Waals surface area (Å²) in [6, 6.07) is 22.6. The highest BCUT2D eigenvalue weighted by molar-refractivity contribution is 5.84. The first-order valence-electron chi connectivity index (χ1n) is 16.7. The Morgan fingerprint density at radius 2 is 1.21 bits per heavy atom. The molecule has 6 rings (SSSR count). The second-order valence-corrected chi connectivity index (χ2v) is 11.3. The van der Waals surface area contributed by atoms with Crippen LogP contribution in [0.1, 0.15) is 30.3 Å². The minimum atomic E-state index is -0.424. The molecule has 0 bridgehead atoms. The summed E-state index contributed by atoms with van der Waals surface area (Å²) in [6.45, 7) is 7.74. The summed E-state index contributed by atoms with van der Waals surface area (Å²) in [6.07, 6.45) is 0.729. The molecule has 0 saturated carbocycles. The van der Waals surface area contributed by atoms with Crippen LogP contribution in [0.2, 0.25) is 0 Å². The zero-order valence-electron chi connectivity index (χ0n) is 28.9. The van der Waals surface area contributed by atoms with Crippen molar-refractivity contribution in [1.29, 1.82) is 0 Å². The predicted octanol–water partition coefficient (Wildman–Crippen LogP) is 6.40. The largest absolute Gasteiger partial charge is 0.457 e. The fourth-order valence-electron chi connectivity index (χ4n) is 5.29. The minimum Gasteiger partial charge on any atom is -0.457 e. The molecule has 0 spiro atoms. The number of nitrogens with one attached hydrogen (secondary N) is 1. The predicted molar refractivity (Wildman–Crippen MR) is 192 cm³/mol. The van der Waals surface area contributed by atoms with E-state index in [1.54, 1.807) is 41.0 Å². The number of aromatic nitrogens is 4. The Balaban J connectivity index is 0.000000203. The summed E-state index contributed by atoms with van der Waals surface area (Å²) >= 11 is 0. The van der Waals surface area contributed by atoms with Gasteiger partial charge >= 0.3 is 0 Å². The van der Waals surface area contributed by atoms with E-state index in [-0.39, 0.29) is 18.2 Å². The lowest BCUT2D eigenvalue weighted by Gasteiger charge is -2.11. The van der Waals surface area contributed by atoms with E-state index in [4.69, 9.17) is 24.7 Å². The Bertz CT molecular complexity index is 2080. The standard InChI is InChI=1S/C20H23FN4O3.C18H17FN2O3/c1-2-27-10-9-25-18-11-16(28-15-5-3-14(21)4-6-15)7-8-17(18)24-20(25)13-23-12-19(22)26;1-2-23-10-9-21-17-11-15(7-8-16(17)20-18(21)12-22)24-14-5-3-13(19)4-6-14/h3-8,11,23H,2,9-10,12-13H2,1H3,(H2,22,26);3-8,11-12H,2,9-10H2,1H3. The SMILES string of the molecule is CCOCCn1c(C=O)nc2ccc(Oc3ccc(F)cc3)cc21.CCOCCn1c(CNCC(N)=O)nc2ccc(Oc3ccc(F)cc3)cc21. The molecule has 52 heavy (non-hydrogen) atoms. The Kier molecular flexibility index (Phi) is 13.4. The number of carbonyl (C=O) groups excluding carboxylic acids is 2. The average molecular weight is 715 g/mol. The number of nitrogens with zero attached hydrogens (tertiary/aromatic N) is 4. The number of fused-ring (bicyclic) bond motifs is 2. The molecule has 0 aliphatic carbocycles. The van der Waals surface area contributed by atoms with Gasteiger partial charge in [0.1, 0.15) is 40.5 Å². The number of primary amides is 1. The molecular weight excluding hydrogens is 674 g/mol. The Morgan fingerprint density at radius 3 is 1.71 bits per heavy atom. The van der Waals surface area contributed by atoms with Crippen LogP contribution in [0.25, 0.3) is 22.1 Å². The maximum Gasteiger partial charge on any atom is 0.231 e. The van der Waals surface area contributed by atoms with Crippen LogP contribution in [0.3, 0.4) is 0 Å². The number of ether oxygens (including phenoxy) is 4. The molecule has 2 heterocycles. The van der Waals surface area contributed by atoms with Gasteiger partial charge in [0.25, 0.3) is 0 Å². The maximum atomic E-state index is 13.1. The molecule has 0 aliphatic heterocycles. The number of amides is 1. The van der Waals surface area contributed by atoms with Gasteiger partial charge in [0.15, 0.2) is 12.1 Å². The second-order valence-electron chi connectivity index (χ2n) is 11.3. The molecule has 6 aromatic rings. The number of hydrogen-bond acceptors (Lipinski definition) is 9. The zero-order chi connectivity index (χ0) is 36.9. The summed E-state index contributed by atoms with van der Waals surface area (Å²) in [4.78, 5) is 31.2. The van der Waals surface area contributed by atoms with Crippen molar-refractivity contribution < 1.29 is 37.3 Å². The molecule has 0 radical (unpaired) electrons. The fourth-order valence-corrected chi connectivity index (χ4v) is 5.29. The highest BCUT2D eigenvalue weighted by Crippen LogP contribution is 2.28. The van der Waals surface area contributed by atoms with E-state index in [1.807, 2.05) is 42.7 Å². The van der Waals surface area contributed by atoms with E-state index in [0.29, 0.717) is 80.4 Å². The Hall–Kier alpha value is -5.70. The maximum absolute atomic E-state index is 13.1. The van der Waals surface area contributed by atoms with E-state index >= 15 is 0 Å². The Morgan fingerprint density at radius 1 is 0.731 bits per heavy atom. The number of rotatable bonds is 17. The van der Waals surface area contributed by atoms with E-state index in [1.165, 1.54) is 24.3 Å². The molecule has 0 atom stereocenters. The lowest BCUT2D eigenvalue weighted by molar-refractivity contribution is -0.117. The van der Waals surface area contributed by atoms with Crippen molar-refractivity contribution in [1.82, 2.24) is 24.4 Å². The van der Waals surface area contributed by atoms with Crippen molar-refractivity contribution in [3.63, 3.8) is 0 Å². The van der Waals surface area contributed by atoms with E-state index < -0.39 is 5.91 Å². The van der Waals surface area contributed by atoms with Crippen molar-refractivity contribution in [3.05, 3.63) is 108 Å². The van der Waals surface area contributed by atoms with Crippen molar-refractivity contribution in [3.8, 4) is 23.0 Å². The number of halogens is 2.